The molecule has 2 aliphatic heterocycles. The molecule has 0 saturated carbocycles. The summed E-state index contributed by atoms with van der Waals surface area (Å²) in [4.78, 5) is 29.2. The van der Waals surface area contributed by atoms with Gasteiger partial charge in [-0.1, -0.05) is 65.3 Å². The largest absolute Gasteiger partial charge is 0.350 e. The van der Waals surface area contributed by atoms with Crippen molar-refractivity contribution in [3.8, 4) is 0 Å². The number of likely N-dealkylation sites (tertiary alicyclic amines) is 1. The quantitative estimate of drug-likeness (QED) is 0.361. The first-order valence-corrected chi connectivity index (χ1v) is 14.2. The Bertz CT molecular complexity index is 1520. The highest BCUT2D eigenvalue weighted by molar-refractivity contribution is 6.30. The number of nitrogens with zero attached hydrogens (tertiary/aromatic N) is 4. The molecule has 4 aromatic rings. The van der Waals surface area contributed by atoms with Crippen LogP contribution in [0.2, 0.25) is 5.02 Å². The summed E-state index contributed by atoms with van der Waals surface area (Å²) in [6.45, 7) is 1.66. The minimum atomic E-state index is -0.519. The van der Waals surface area contributed by atoms with Gasteiger partial charge in [-0.2, -0.15) is 0 Å². The third-order valence-corrected chi connectivity index (χ3v) is 8.46. The minimum absolute atomic E-state index is 0.00755. The van der Waals surface area contributed by atoms with E-state index in [1.807, 2.05) is 61.6 Å². The van der Waals surface area contributed by atoms with Crippen LogP contribution in [0, 0.1) is 5.92 Å². The van der Waals surface area contributed by atoms with E-state index in [1.165, 1.54) is 5.56 Å². The number of amides is 2. The van der Waals surface area contributed by atoms with E-state index in [2.05, 4.69) is 39.1 Å². The lowest BCUT2D eigenvalue weighted by Gasteiger charge is -2.27. The van der Waals surface area contributed by atoms with Gasteiger partial charge in [0.2, 0.25) is 11.8 Å². The van der Waals surface area contributed by atoms with Crippen molar-refractivity contribution in [3.05, 3.63) is 94.5 Å². The number of fused-ring (bicyclic) bond motifs is 1. The first kappa shape index (κ1) is 26.5. The van der Waals surface area contributed by atoms with Gasteiger partial charge in [0.05, 0.1) is 11.6 Å². The molecule has 0 spiro atoms. The Morgan fingerprint density at radius 1 is 1.02 bits per heavy atom. The standard InChI is InChI=1S/C31H33ClN6O2/c1-37-28-11-10-21(14-26(28)35-36-37)17-34-30(39)29-15-22(12-20-6-5-9-25(32)13-20)19-38(29)31(40)27-16-24(18-33-27)23-7-3-2-4-8-23/h2-11,13-14,22,24,27,29,33H,12,15-19H2,1H3,(H,34,39)/t22-,24-,27-,29+/m1/s1. The van der Waals surface area contributed by atoms with Crippen LogP contribution in [0.4, 0.5) is 0 Å². The van der Waals surface area contributed by atoms with Crippen LogP contribution in [0.25, 0.3) is 11.0 Å². The molecule has 0 aliphatic carbocycles. The summed E-state index contributed by atoms with van der Waals surface area (Å²) in [6, 6.07) is 23.2. The van der Waals surface area contributed by atoms with Gasteiger partial charge < -0.3 is 15.5 Å². The van der Waals surface area contributed by atoms with Crippen LogP contribution in [0.5, 0.6) is 0 Å². The van der Waals surface area contributed by atoms with E-state index in [9.17, 15) is 9.59 Å². The van der Waals surface area contributed by atoms with E-state index in [4.69, 9.17) is 11.6 Å². The van der Waals surface area contributed by atoms with E-state index in [0.717, 1.165) is 41.5 Å². The van der Waals surface area contributed by atoms with Crippen molar-refractivity contribution in [2.45, 2.75) is 43.8 Å². The molecule has 9 heteroatoms. The van der Waals surface area contributed by atoms with Gasteiger partial charge in [-0.25, -0.2) is 4.68 Å². The number of hydrogen-bond acceptors (Lipinski definition) is 5. The third-order valence-electron chi connectivity index (χ3n) is 8.23. The number of carbonyl (C=O) groups excluding carboxylic acids is 2. The van der Waals surface area contributed by atoms with E-state index in [0.29, 0.717) is 24.5 Å². The fourth-order valence-electron chi connectivity index (χ4n) is 6.17. The van der Waals surface area contributed by atoms with Crippen molar-refractivity contribution in [1.29, 1.82) is 0 Å². The fraction of sp³-hybridized carbons (Fsp3) is 0.355. The molecule has 2 aliphatic rings. The van der Waals surface area contributed by atoms with E-state index >= 15 is 0 Å². The zero-order valence-corrected chi connectivity index (χ0v) is 23.2. The average molecular weight is 557 g/mol. The van der Waals surface area contributed by atoms with Crippen molar-refractivity contribution in [1.82, 2.24) is 30.5 Å². The van der Waals surface area contributed by atoms with Crippen LogP contribution in [-0.4, -0.2) is 56.9 Å². The summed E-state index contributed by atoms with van der Waals surface area (Å²) < 4.78 is 1.72. The molecule has 2 fully saturated rings. The van der Waals surface area contributed by atoms with Crippen LogP contribution in [-0.2, 0) is 29.6 Å². The van der Waals surface area contributed by atoms with E-state index < -0.39 is 6.04 Å². The Balaban J connectivity index is 1.16. The average Bonchev–Trinajstić information content (AvgIpc) is 3.71. The lowest BCUT2D eigenvalue weighted by molar-refractivity contribution is -0.139. The highest BCUT2D eigenvalue weighted by atomic mass is 35.5. The minimum Gasteiger partial charge on any atom is -0.350 e. The third kappa shape index (κ3) is 5.60. The summed E-state index contributed by atoms with van der Waals surface area (Å²) in [7, 11) is 1.85. The molecular weight excluding hydrogens is 524 g/mol. The second kappa shape index (κ2) is 11.4. The second-order valence-corrected chi connectivity index (χ2v) is 11.4. The summed E-state index contributed by atoms with van der Waals surface area (Å²) in [5.74, 6) is 0.329. The predicted molar refractivity (Wildman–Crippen MR) is 155 cm³/mol. The van der Waals surface area contributed by atoms with Gasteiger partial charge in [0, 0.05) is 31.7 Å². The Labute approximate surface area is 238 Å². The summed E-state index contributed by atoms with van der Waals surface area (Å²) in [5.41, 5.74) is 5.01. The normalized spacial score (nSPS) is 22.6. The van der Waals surface area contributed by atoms with Crippen molar-refractivity contribution >= 4 is 34.4 Å². The predicted octanol–water partition coefficient (Wildman–Crippen LogP) is 3.84. The topological polar surface area (TPSA) is 92.2 Å². The Morgan fingerprint density at radius 2 is 1.88 bits per heavy atom. The van der Waals surface area contributed by atoms with E-state index in [-0.39, 0.29) is 29.7 Å². The number of carbonyl (C=O) groups is 2. The highest BCUT2D eigenvalue weighted by Crippen LogP contribution is 2.32. The van der Waals surface area contributed by atoms with Crippen molar-refractivity contribution < 1.29 is 9.59 Å². The number of aryl methyl sites for hydroxylation is 1. The first-order chi connectivity index (χ1) is 19.4. The smallest absolute Gasteiger partial charge is 0.243 e. The molecule has 2 saturated heterocycles. The fourth-order valence-corrected chi connectivity index (χ4v) is 6.38. The Hall–Kier alpha value is -3.75. The molecule has 2 amide bonds. The number of halogens is 1. The zero-order valence-electron chi connectivity index (χ0n) is 22.5. The highest BCUT2D eigenvalue weighted by Gasteiger charge is 2.43. The van der Waals surface area contributed by atoms with Crippen LogP contribution in [0.3, 0.4) is 0 Å². The van der Waals surface area contributed by atoms with E-state index in [1.54, 1.807) is 9.58 Å². The maximum atomic E-state index is 13.9. The molecule has 3 heterocycles. The second-order valence-electron chi connectivity index (χ2n) is 11.0. The zero-order chi connectivity index (χ0) is 27.6. The first-order valence-electron chi connectivity index (χ1n) is 13.8. The van der Waals surface area contributed by atoms with Gasteiger partial charge in [-0.3, -0.25) is 9.59 Å². The van der Waals surface area contributed by atoms with Gasteiger partial charge in [0.25, 0.3) is 0 Å². The number of hydrogen-bond donors (Lipinski definition) is 2. The molecule has 2 N–H and O–H groups in total. The molecule has 4 atom stereocenters. The van der Waals surface area contributed by atoms with Gasteiger partial charge in [0.15, 0.2) is 0 Å². The van der Waals surface area contributed by atoms with Gasteiger partial charge in [-0.15, -0.1) is 5.10 Å². The van der Waals surface area contributed by atoms with Crippen LogP contribution >= 0.6 is 11.6 Å². The van der Waals surface area contributed by atoms with Gasteiger partial charge >= 0.3 is 0 Å². The molecule has 3 aromatic carbocycles. The summed E-state index contributed by atoms with van der Waals surface area (Å²) in [6.07, 6.45) is 2.11. The van der Waals surface area contributed by atoms with Gasteiger partial charge in [-0.05, 0) is 72.1 Å². The molecule has 8 nitrogen and oxygen atoms in total. The lowest BCUT2D eigenvalue weighted by atomic mass is 9.96. The molecule has 0 radical (unpaired) electrons. The number of benzene rings is 3. The maximum Gasteiger partial charge on any atom is 0.243 e. The lowest BCUT2D eigenvalue weighted by Crippen LogP contribution is -2.51. The Kier molecular flexibility index (Phi) is 7.54. The van der Waals surface area contributed by atoms with Crippen molar-refractivity contribution in [3.63, 3.8) is 0 Å². The molecule has 1 aromatic heterocycles. The number of rotatable bonds is 7. The summed E-state index contributed by atoms with van der Waals surface area (Å²) >= 11 is 6.23. The molecule has 0 unspecified atom stereocenters. The molecule has 6 rings (SSSR count). The monoisotopic (exact) mass is 556 g/mol. The molecule has 206 valence electrons. The van der Waals surface area contributed by atoms with Crippen LogP contribution in [0.1, 0.15) is 35.4 Å². The molecule has 40 heavy (non-hydrogen) atoms. The van der Waals surface area contributed by atoms with Crippen molar-refractivity contribution in [2.75, 3.05) is 13.1 Å². The number of aromatic nitrogens is 3. The SMILES string of the molecule is Cn1nnc2cc(CNC(=O)[C@@H]3C[C@@H](Cc4cccc(Cl)c4)CN3C(=O)[C@H]3C[C@@H](c4ccccc4)CN3)ccc21. The maximum absolute atomic E-state index is 13.9. The Morgan fingerprint density at radius 3 is 2.70 bits per heavy atom. The van der Waals surface area contributed by atoms with Crippen LogP contribution < -0.4 is 10.6 Å². The van der Waals surface area contributed by atoms with Crippen LogP contribution in [0.15, 0.2) is 72.8 Å². The van der Waals surface area contributed by atoms with Crippen molar-refractivity contribution in [2.24, 2.45) is 13.0 Å². The summed E-state index contributed by atoms with van der Waals surface area (Å²) in [5, 5.41) is 15.4. The number of nitrogens with one attached hydrogen (secondary N) is 2. The molecule has 0 bridgehead atoms. The van der Waals surface area contributed by atoms with Gasteiger partial charge in [0.1, 0.15) is 11.6 Å². The molecular formula is C31H33ClN6O2.